The number of aliphatic hydroxyl groups excluding tert-OH is 1. The Morgan fingerprint density at radius 3 is 2.53 bits per heavy atom. The normalized spacial score (nSPS) is 18.1. The molecule has 1 amide bonds. The van der Waals surface area contributed by atoms with Gasteiger partial charge in [-0.25, -0.2) is 0 Å². The predicted molar refractivity (Wildman–Crippen MR) is 60.5 cm³/mol. The first-order chi connectivity index (χ1) is 7.09. The average Bonchev–Trinajstić information content (AvgIpc) is 2.71. The predicted octanol–water partition coefficient (Wildman–Crippen LogP) is 1.70. The number of aliphatic hydroxyl groups is 1. The average molecular weight is 213 g/mol. The molecule has 0 spiro atoms. The highest BCUT2D eigenvalue weighted by molar-refractivity contribution is 5.82. The summed E-state index contributed by atoms with van der Waals surface area (Å²) in [6.07, 6.45) is 5.53. The van der Waals surface area contributed by atoms with Gasteiger partial charge < -0.3 is 10.4 Å². The fourth-order valence-electron chi connectivity index (χ4n) is 2.34. The van der Waals surface area contributed by atoms with Crippen molar-refractivity contribution in [2.75, 3.05) is 13.2 Å². The van der Waals surface area contributed by atoms with Gasteiger partial charge in [-0.05, 0) is 25.2 Å². The lowest BCUT2D eigenvalue weighted by Gasteiger charge is -2.30. The van der Waals surface area contributed by atoms with Crippen LogP contribution in [0.5, 0.6) is 0 Å². The van der Waals surface area contributed by atoms with Crippen LogP contribution >= 0.6 is 0 Å². The van der Waals surface area contributed by atoms with Crippen LogP contribution in [-0.4, -0.2) is 24.2 Å². The van der Waals surface area contributed by atoms with Crippen molar-refractivity contribution in [3.8, 4) is 0 Å². The number of nitrogens with one attached hydrogen (secondary N) is 1. The van der Waals surface area contributed by atoms with Crippen molar-refractivity contribution in [2.45, 2.75) is 46.0 Å². The maximum absolute atomic E-state index is 11.9. The van der Waals surface area contributed by atoms with Crippen molar-refractivity contribution in [3.63, 3.8) is 0 Å². The third kappa shape index (κ3) is 3.20. The van der Waals surface area contributed by atoms with Gasteiger partial charge >= 0.3 is 0 Å². The van der Waals surface area contributed by atoms with Crippen LogP contribution in [0.2, 0.25) is 0 Å². The van der Waals surface area contributed by atoms with Crippen LogP contribution in [0.15, 0.2) is 0 Å². The molecule has 0 aromatic carbocycles. The van der Waals surface area contributed by atoms with E-state index in [1.165, 1.54) is 25.7 Å². The Labute approximate surface area is 92.3 Å². The molecule has 0 heterocycles. The molecule has 0 atom stereocenters. The molecule has 3 nitrogen and oxygen atoms in total. The molecule has 1 saturated carbocycles. The maximum atomic E-state index is 11.9. The Bertz CT molecular complexity index is 208. The number of hydrogen-bond acceptors (Lipinski definition) is 2. The second kappa shape index (κ2) is 5.50. The molecule has 1 fully saturated rings. The van der Waals surface area contributed by atoms with Gasteiger partial charge in [0.1, 0.15) is 0 Å². The van der Waals surface area contributed by atoms with Gasteiger partial charge in [0.05, 0.1) is 0 Å². The van der Waals surface area contributed by atoms with Crippen LogP contribution in [-0.2, 0) is 4.79 Å². The summed E-state index contributed by atoms with van der Waals surface area (Å²) in [6, 6.07) is 0. The van der Waals surface area contributed by atoms with Crippen LogP contribution in [0, 0.1) is 11.3 Å². The second-order valence-corrected chi connectivity index (χ2v) is 5.04. The SMILES string of the molecule is CC(C)(C(=O)NCCCO)C1CCCC1. The third-order valence-electron chi connectivity index (χ3n) is 3.58. The van der Waals surface area contributed by atoms with E-state index in [4.69, 9.17) is 5.11 Å². The van der Waals surface area contributed by atoms with Crippen LogP contribution in [0.4, 0.5) is 0 Å². The molecule has 2 N–H and O–H groups in total. The Kier molecular flexibility index (Phi) is 4.58. The molecule has 1 aliphatic carbocycles. The molecule has 0 aromatic heterocycles. The zero-order valence-electron chi connectivity index (χ0n) is 9.88. The van der Waals surface area contributed by atoms with Crippen LogP contribution in [0.1, 0.15) is 46.0 Å². The Morgan fingerprint density at radius 2 is 2.00 bits per heavy atom. The molecule has 0 unspecified atom stereocenters. The van der Waals surface area contributed by atoms with E-state index in [2.05, 4.69) is 5.32 Å². The summed E-state index contributed by atoms with van der Waals surface area (Å²) in [6.45, 7) is 4.81. The van der Waals surface area contributed by atoms with Crippen molar-refractivity contribution in [1.29, 1.82) is 0 Å². The number of amides is 1. The van der Waals surface area contributed by atoms with Crippen LogP contribution < -0.4 is 5.32 Å². The summed E-state index contributed by atoms with van der Waals surface area (Å²) in [5.41, 5.74) is -0.244. The van der Waals surface area contributed by atoms with Crippen molar-refractivity contribution < 1.29 is 9.90 Å². The van der Waals surface area contributed by atoms with Crippen molar-refractivity contribution in [1.82, 2.24) is 5.32 Å². The topological polar surface area (TPSA) is 49.3 Å². The number of carbonyl (C=O) groups is 1. The van der Waals surface area contributed by atoms with Crippen molar-refractivity contribution in [2.24, 2.45) is 11.3 Å². The van der Waals surface area contributed by atoms with Gasteiger partial charge in [0, 0.05) is 18.6 Å². The largest absolute Gasteiger partial charge is 0.396 e. The highest BCUT2D eigenvalue weighted by Gasteiger charge is 2.37. The monoisotopic (exact) mass is 213 g/mol. The summed E-state index contributed by atoms with van der Waals surface area (Å²) in [5, 5.41) is 11.5. The standard InChI is InChI=1S/C12H23NO2/c1-12(2,10-6-3-4-7-10)11(15)13-8-5-9-14/h10,14H,3-9H2,1-2H3,(H,13,15). The zero-order chi connectivity index (χ0) is 11.3. The quantitative estimate of drug-likeness (QED) is 0.683. The van der Waals surface area contributed by atoms with Crippen molar-refractivity contribution >= 4 is 5.91 Å². The number of carbonyl (C=O) groups excluding carboxylic acids is 1. The molecule has 0 aliphatic heterocycles. The number of rotatable bonds is 5. The molecule has 15 heavy (non-hydrogen) atoms. The zero-order valence-corrected chi connectivity index (χ0v) is 9.88. The van der Waals surface area contributed by atoms with E-state index in [9.17, 15) is 4.79 Å². The Hall–Kier alpha value is -0.570. The number of hydrogen-bond donors (Lipinski definition) is 2. The summed E-state index contributed by atoms with van der Waals surface area (Å²) in [5.74, 6) is 0.675. The van der Waals surface area contributed by atoms with Gasteiger partial charge in [-0.3, -0.25) is 4.79 Å². The smallest absolute Gasteiger partial charge is 0.225 e. The van der Waals surface area contributed by atoms with E-state index in [0.29, 0.717) is 18.9 Å². The van der Waals surface area contributed by atoms with Gasteiger partial charge in [-0.15, -0.1) is 0 Å². The van der Waals surface area contributed by atoms with E-state index in [1.807, 2.05) is 13.8 Å². The Balaban J connectivity index is 2.41. The maximum Gasteiger partial charge on any atom is 0.225 e. The van der Waals surface area contributed by atoms with Crippen LogP contribution in [0.3, 0.4) is 0 Å². The van der Waals surface area contributed by atoms with Gasteiger partial charge in [0.25, 0.3) is 0 Å². The fraction of sp³-hybridized carbons (Fsp3) is 0.917. The molecule has 0 saturated heterocycles. The van der Waals surface area contributed by atoms with E-state index < -0.39 is 0 Å². The van der Waals surface area contributed by atoms with Crippen LogP contribution in [0.25, 0.3) is 0 Å². The highest BCUT2D eigenvalue weighted by atomic mass is 16.3. The molecular weight excluding hydrogens is 190 g/mol. The second-order valence-electron chi connectivity index (χ2n) is 5.04. The molecule has 0 bridgehead atoms. The molecule has 1 rings (SSSR count). The molecular formula is C12H23NO2. The molecule has 0 aromatic rings. The van der Waals surface area contributed by atoms with E-state index in [-0.39, 0.29) is 17.9 Å². The molecule has 88 valence electrons. The molecule has 0 radical (unpaired) electrons. The minimum absolute atomic E-state index is 0.142. The van der Waals surface area contributed by atoms with E-state index in [1.54, 1.807) is 0 Å². The lowest BCUT2D eigenvalue weighted by molar-refractivity contribution is -0.132. The van der Waals surface area contributed by atoms with Crippen molar-refractivity contribution in [3.05, 3.63) is 0 Å². The lowest BCUT2D eigenvalue weighted by atomic mass is 9.77. The lowest BCUT2D eigenvalue weighted by Crippen LogP contribution is -2.41. The fourth-order valence-corrected chi connectivity index (χ4v) is 2.34. The molecule has 1 aliphatic rings. The summed E-state index contributed by atoms with van der Waals surface area (Å²) in [7, 11) is 0. The highest BCUT2D eigenvalue weighted by Crippen LogP contribution is 2.39. The first kappa shape index (κ1) is 12.5. The molecule has 3 heteroatoms. The first-order valence-electron chi connectivity index (χ1n) is 5.98. The first-order valence-corrected chi connectivity index (χ1v) is 5.98. The van der Waals surface area contributed by atoms with E-state index in [0.717, 1.165) is 0 Å². The summed E-state index contributed by atoms with van der Waals surface area (Å²) < 4.78 is 0. The van der Waals surface area contributed by atoms with Gasteiger partial charge in [-0.2, -0.15) is 0 Å². The van der Waals surface area contributed by atoms with Gasteiger partial charge in [-0.1, -0.05) is 26.7 Å². The van der Waals surface area contributed by atoms with Gasteiger partial charge in [0.2, 0.25) is 5.91 Å². The minimum Gasteiger partial charge on any atom is -0.396 e. The Morgan fingerprint density at radius 1 is 1.40 bits per heavy atom. The van der Waals surface area contributed by atoms with Gasteiger partial charge in [0.15, 0.2) is 0 Å². The summed E-state index contributed by atoms with van der Waals surface area (Å²) >= 11 is 0. The summed E-state index contributed by atoms with van der Waals surface area (Å²) in [4.78, 5) is 11.9. The minimum atomic E-state index is -0.244. The van der Waals surface area contributed by atoms with E-state index >= 15 is 0 Å². The third-order valence-corrected chi connectivity index (χ3v) is 3.58.